The van der Waals surface area contributed by atoms with Gasteiger partial charge in [0.15, 0.2) is 0 Å². The predicted molar refractivity (Wildman–Crippen MR) is 121 cm³/mol. The average Bonchev–Trinajstić information content (AvgIpc) is 3.30. The average molecular weight is 469 g/mol. The van der Waals surface area contributed by atoms with E-state index in [0.29, 0.717) is 5.69 Å². The van der Waals surface area contributed by atoms with E-state index in [4.69, 9.17) is 5.73 Å². The van der Waals surface area contributed by atoms with Gasteiger partial charge in [-0.05, 0) is 12.3 Å². The zero-order valence-electron chi connectivity index (χ0n) is 18.0. The highest BCUT2D eigenvalue weighted by molar-refractivity contribution is 7.13. The van der Waals surface area contributed by atoms with Gasteiger partial charge >= 0.3 is 0 Å². The third-order valence-electron chi connectivity index (χ3n) is 5.19. The van der Waals surface area contributed by atoms with Crippen LogP contribution in [0.5, 0.6) is 0 Å². The fourth-order valence-corrected chi connectivity index (χ4v) is 4.03. The van der Waals surface area contributed by atoms with E-state index < -0.39 is 23.6 Å². The van der Waals surface area contributed by atoms with Crippen LogP contribution in [0.2, 0.25) is 0 Å². The van der Waals surface area contributed by atoms with E-state index in [1.165, 1.54) is 16.2 Å². The Labute approximate surface area is 191 Å². The Balaban J connectivity index is 0.00000341. The van der Waals surface area contributed by atoms with Gasteiger partial charge in [0, 0.05) is 13.0 Å². The third-order valence-corrected chi connectivity index (χ3v) is 6.14. The summed E-state index contributed by atoms with van der Waals surface area (Å²) in [5.41, 5.74) is 9.62. The number of nitrogens with two attached hydrogens (primary N) is 1. The molecule has 1 fully saturated rings. The van der Waals surface area contributed by atoms with Gasteiger partial charge in [0.1, 0.15) is 11.7 Å². The second-order valence-corrected chi connectivity index (χ2v) is 9.47. The number of likely N-dealkylation sites (tertiary alicyclic amines) is 1. The van der Waals surface area contributed by atoms with E-state index in [1.54, 1.807) is 17.9 Å². The summed E-state index contributed by atoms with van der Waals surface area (Å²) in [6.45, 7) is 7.79. The minimum Gasteiger partial charge on any atom is -0.391 e. The molecule has 0 bridgehead atoms. The summed E-state index contributed by atoms with van der Waals surface area (Å²) in [7, 11) is 0. The number of aliphatic hydroxyl groups is 1. The van der Waals surface area contributed by atoms with Crippen LogP contribution in [0.3, 0.4) is 0 Å². The summed E-state index contributed by atoms with van der Waals surface area (Å²) in [6, 6.07) is -1.51. The number of thiazole rings is 1. The zero-order chi connectivity index (χ0) is 22.1. The largest absolute Gasteiger partial charge is 0.391 e. The number of rotatable bonds is 5. The first kappa shape index (κ1) is 25.1. The van der Waals surface area contributed by atoms with Crippen LogP contribution in [-0.4, -0.2) is 61.5 Å². The molecule has 0 radical (unpaired) electrons. The van der Waals surface area contributed by atoms with Crippen LogP contribution >= 0.6 is 23.7 Å². The monoisotopic (exact) mass is 468 g/mol. The first-order chi connectivity index (χ1) is 14.1. The summed E-state index contributed by atoms with van der Waals surface area (Å²) in [5.74, 6) is -0.673. The van der Waals surface area contributed by atoms with Crippen molar-refractivity contribution in [2.45, 2.75) is 58.8 Å². The molecule has 1 aliphatic rings. The molecule has 3 heterocycles. The Morgan fingerprint density at radius 1 is 1.32 bits per heavy atom. The molecule has 11 heteroatoms. The first-order valence-electron chi connectivity index (χ1n) is 9.81. The summed E-state index contributed by atoms with van der Waals surface area (Å²) >= 11 is 1.50. The maximum atomic E-state index is 12.8. The van der Waals surface area contributed by atoms with Gasteiger partial charge in [-0.3, -0.25) is 19.6 Å². The molecule has 0 saturated carbocycles. The maximum Gasteiger partial charge on any atom is 0.243 e. The van der Waals surface area contributed by atoms with Crippen molar-refractivity contribution in [3.8, 4) is 10.6 Å². The molecule has 170 valence electrons. The van der Waals surface area contributed by atoms with Crippen LogP contribution in [0.15, 0.2) is 17.9 Å². The van der Waals surface area contributed by atoms with Crippen molar-refractivity contribution in [3.63, 3.8) is 0 Å². The molecule has 3 atom stereocenters. The molecule has 0 unspecified atom stereocenters. The van der Waals surface area contributed by atoms with E-state index in [-0.39, 0.29) is 43.7 Å². The van der Waals surface area contributed by atoms with Gasteiger partial charge in [-0.15, -0.1) is 23.7 Å². The normalized spacial score (nSPS) is 19.6. The van der Waals surface area contributed by atoms with Crippen molar-refractivity contribution in [2.24, 2.45) is 11.1 Å². The van der Waals surface area contributed by atoms with E-state index in [2.05, 4.69) is 20.3 Å². The van der Waals surface area contributed by atoms with Crippen molar-refractivity contribution in [1.29, 1.82) is 0 Å². The number of aryl methyl sites for hydroxylation is 1. The van der Waals surface area contributed by atoms with Gasteiger partial charge in [-0.1, -0.05) is 20.8 Å². The molecular weight excluding hydrogens is 440 g/mol. The number of β-amino-alcohol motifs (C(OH)–C–C–N with tert-alkyl or cyclic N) is 1. The highest BCUT2D eigenvalue weighted by atomic mass is 35.5. The molecule has 31 heavy (non-hydrogen) atoms. The minimum atomic E-state index is -0.758. The van der Waals surface area contributed by atoms with Crippen molar-refractivity contribution in [3.05, 3.63) is 29.3 Å². The number of halogens is 1. The SMILES string of the molecule is Cc1ncsc1-c1cnc(CNC(=O)[C@@H]2C[C@@H](O)CN2C(=O)[C@@H](N)C(C)(C)C)cn1.Cl. The molecule has 0 spiro atoms. The molecule has 1 saturated heterocycles. The lowest BCUT2D eigenvalue weighted by Crippen LogP contribution is -2.54. The fourth-order valence-electron chi connectivity index (χ4n) is 3.26. The Kier molecular flexibility index (Phi) is 8.09. The smallest absolute Gasteiger partial charge is 0.243 e. The van der Waals surface area contributed by atoms with Crippen molar-refractivity contribution in [1.82, 2.24) is 25.2 Å². The van der Waals surface area contributed by atoms with Gasteiger partial charge in [-0.2, -0.15) is 0 Å². The standard InChI is InChI=1S/C20H28N6O3S.ClH/c1-11-16(30-10-25-11)14-8-22-12(6-23-14)7-24-18(28)15-5-13(27)9-26(15)19(29)17(21)20(2,3)4;/h6,8,10,13,15,17,27H,5,7,9,21H2,1-4H3,(H,24,28);1H/t13-,15+,17-;/m1./s1. The Bertz CT molecular complexity index is 914. The summed E-state index contributed by atoms with van der Waals surface area (Å²) in [5, 5.41) is 12.8. The summed E-state index contributed by atoms with van der Waals surface area (Å²) < 4.78 is 0. The highest BCUT2D eigenvalue weighted by Gasteiger charge is 2.42. The van der Waals surface area contributed by atoms with Crippen LogP contribution in [0.4, 0.5) is 0 Å². The number of carbonyl (C=O) groups excluding carboxylic acids is 2. The second kappa shape index (κ2) is 9.99. The molecule has 4 N–H and O–H groups in total. The molecule has 0 aliphatic carbocycles. The number of nitrogens with one attached hydrogen (secondary N) is 1. The first-order valence-corrected chi connectivity index (χ1v) is 10.7. The summed E-state index contributed by atoms with van der Waals surface area (Å²) in [6.07, 6.45) is 2.69. The van der Waals surface area contributed by atoms with Crippen molar-refractivity contribution < 1.29 is 14.7 Å². The predicted octanol–water partition coefficient (Wildman–Crippen LogP) is 1.28. The van der Waals surface area contributed by atoms with E-state index in [0.717, 1.165) is 16.3 Å². The molecule has 2 aromatic rings. The quantitative estimate of drug-likeness (QED) is 0.601. The van der Waals surface area contributed by atoms with Crippen LogP contribution in [0, 0.1) is 12.3 Å². The molecule has 3 rings (SSSR count). The number of aromatic nitrogens is 3. The van der Waals surface area contributed by atoms with Crippen LogP contribution < -0.4 is 11.1 Å². The second-order valence-electron chi connectivity index (χ2n) is 8.62. The molecule has 0 aromatic carbocycles. The lowest BCUT2D eigenvalue weighted by Gasteiger charge is -2.32. The van der Waals surface area contributed by atoms with Crippen molar-refractivity contribution in [2.75, 3.05) is 6.54 Å². The number of aliphatic hydroxyl groups excluding tert-OH is 1. The molecule has 9 nitrogen and oxygen atoms in total. The lowest BCUT2D eigenvalue weighted by atomic mass is 9.86. The number of amides is 2. The van der Waals surface area contributed by atoms with Gasteiger partial charge in [0.2, 0.25) is 11.8 Å². The van der Waals surface area contributed by atoms with E-state index in [1.807, 2.05) is 27.7 Å². The van der Waals surface area contributed by atoms with Gasteiger partial charge in [0.25, 0.3) is 0 Å². The van der Waals surface area contributed by atoms with E-state index >= 15 is 0 Å². The molecule has 1 aliphatic heterocycles. The highest BCUT2D eigenvalue weighted by Crippen LogP contribution is 2.25. The summed E-state index contributed by atoms with van der Waals surface area (Å²) in [4.78, 5) is 40.8. The number of hydrogen-bond acceptors (Lipinski definition) is 8. The number of nitrogens with zero attached hydrogens (tertiary/aromatic N) is 4. The topological polar surface area (TPSA) is 134 Å². The molecule has 2 amide bonds. The Morgan fingerprint density at radius 3 is 2.58 bits per heavy atom. The van der Waals surface area contributed by atoms with Crippen LogP contribution in [0.25, 0.3) is 10.6 Å². The minimum absolute atomic E-state index is 0. The van der Waals surface area contributed by atoms with Crippen LogP contribution in [-0.2, 0) is 16.1 Å². The zero-order valence-corrected chi connectivity index (χ0v) is 19.7. The Hall–Kier alpha value is -2.14. The van der Waals surface area contributed by atoms with Crippen LogP contribution in [0.1, 0.15) is 38.6 Å². The number of hydrogen-bond donors (Lipinski definition) is 3. The Morgan fingerprint density at radius 2 is 2.03 bits per heavy atom. The maximum absolute atomic E-state index is 12.8. The van der Waals surface area contributed by atoms with Gasteiger partial charge in [-0.25, -0.2) is 4.98 Å². The fraction of sp³-hybridized carbons (Fsp3) is 0.550. The van der Waals surface area contributed by atoms with Gasteiger partial charge < -0.3 is 21.1 Å². The van der Waals surface area contributed by atoms with E-state index in [9.17, 15) is 14.7 Å². The molecular formula is C20H29ClN6O3S. The molecule has 2 aromatic heterocycles. The van der Waals surface area contributed by atoms with Gasteiger partial charge in [0.05, 0.1) is 52.9 Å². The van der Waals surface area contributed by atoms with Crippen molar-refractivity contribution >= 4 is 35.6 Å². The number of carbonyl (C=O) groups is 2. The third kappa shape index (κ3) is 5.76. The lowest BCUT2D eigenvalue weighted by molar-refractivity contribution is -0.141.